The lowest BCUT2D eigenvalue weighted by Crippen LogP contribution is -2.31. The maximum absolute atomic E-state index is 12.1. The lowest BCUT2D eigenvalue weighted by molar-refractivity contribution is -0.130. The van der Waals surface area contributed by atoms with Gasteiger partial charge in [-0.15, -0.1) is 0 Å². The van der Waals surface area contributed by atoms with Gasteiger partial charge in [0.15, 0.2) is 0 Å². The maximum Gasteiger partial charge on any atom is 0.222 e. The van der Waals surface area contributed by atoms with E-state index in [1.165, 1.54) is 44.9 Å². The lowest BCUT2D eigenvalue weighted by atomic mass is 9.85. The highest BCUT2D eigenvalue weighted by Gasteiger charge is 2.26. The molecular formula is C17H33NOS. The van der Waals surface area contributed by atoms with Crippen LogP contribution in [-0.2, 0) is 4.79 Å². The minimum Gasteiger partial charge on any atom is -0.343 e. The van der Waals surface area contributed by atoms with Crippen molar-refractivity contribution in [2.45, 2.75) is 78.1 Å². The van der Waals surface area contributed by atoms with Crippen LogP contribution >= 0.6 is 12.6 Å². The van der Waals surface area contributed by atoms with Crippen molar-refractivity contribution >= 4 is 18.5 Å². The molecule has 1 heterocycles. The summed E-state index contributed by atoms with van der Waals surface area (Å²) in [6.45, 7) is 6.52. The van der Waals surface area contributed by atoms with Crippen molar-refractivity contribution in [3.8, 4) is 0 Å². The standard InChI is InChI=1S/C17H33NOS/c1-17(2)11-10-16(19)18(14-12-17)13-8-6-4-3-5-7-9-15-20/h20H,3-15H2,1-2H3. The molecule has 0 saturated carbocycles. The van der Waals surface area contributed by atoms with Crippen LogP contribution in [0.3, 0.4) is 0 Å². The van der Waals surface area contributed by atoms with Crippen molar-refractivity contribution in [2.75, 3.05) is 18.8 Å². The smallest absolute Gasteiger partial charge is 0.222 e. The Morgan fingerprint density at radius 3 is 2.25 bits per heavy atom. The highest BCUT2D eigenvalue weighted by Crippen LogP contribution is 2.30. The summed E-state index contributed by atoms with van der Waals surface area (Å²) in [5.41, 5.74) is 0.345. The number of nitrogens with zero attached hydrogens (tertiary/aromatic N) is 1. The normalized spacial score (nSPS) is 19.1. The highest BCUT2D eigenvalue weighted by molar-refractivity contribution is 7.80. The zero-order valence-electron chi connectivity index (χ0n) is 13.5. The van der Waals surface area contributed by atoms with E-state index in [1.54, 1.807) is 0 Å². The monoisotopic (exact) mass is 299 g/mol. The average Bonchev–Trinajstić information content (AvgIpc) is 2.54. The molecule has 1 rings (SSSR count). The molecule has 3 heteroatoms. The van der Waals surface area contributed by atoms with Gasteiger partial charge in [0.25, 0.3) is 0 Å². The van der Waals surface area contributed by atoms with Crippen molar-refractivity contribution in [2.24, 2.45) is 5.41 Å². The largest absolute Gasteiger partial charge is 0.343 e. The summed E-state index contributed by atoms with van der Waals surface area (Å²) in [5.74, 6) is 1.40. The van der Waals surface area contributed by atoms with Gasteiger partial charge >= 0.3 is 0 Å². The highest BCUT2D eigenvalue weighted by atomic mass is 32.1. The van der Waals surface area contributed by atoms with E-state index in [9.17, 15) is 4.79 Å². The molecule has 0 aromatic rings. The van der Waals surface area contributed by atoms with Gasteiger partial charge in [-0.3, -0.25) is 4.79 Å². The molecule has 0 N–H and O–H groups in total. The molecule has 20 heavy (non-hydrogen) atoms. The van der Waals surface area contributed by atoms with E-state index in [1.807, 2.05) is 0 Å². The summed E-state index contributed by atoms with van der Waals surface area (Å²) in [6.07, 6.45) is 12.0. The van der Waals surface area contributed by atoms with E-state index in [0.29, 0.717) is 11.3 Å². The Morgan fingerprint density at radius 1 is 1.00 bits per heavy atom. The van der Waals surface area contributed by atoms with Gasteiger partial charge in [-0.1, -0.05) is 46.0 Å². The average molecular weight is 300 g/mol. The first-order valence-corrected chi connectivity index (χ1v) is 9.07. The van der Waals surface area contributed by atoms with Gasteiger partial charge in [0.1, 0.15) is 0 Å². The number of carbonyl (C=O) groups excluding carboxylic acids is 1. The van der Waals surface area contributed by atoms with Crippen LogP contribution in [0.25, 0.3) is 0 Å². The third-order valence-corrected chi connectivity index (χ3v) is 4.83. The quantitative estimate of drug-likeness (QED) is 0.484. The van der Waals surface area contributed by atoms with Gasteiger partial charge in [0.05, 0.1) is 0 Å². The Labute approximate surface area is 131 Å². The van der Waals surface area contributed by atoms with Crippen LogP contribution in [-0.4, -0.2) is 29.6 Å². The topological polar surface area (TPSA) is 20.3 Å². The maximum atomic E-state index is 12.1. The molecule has 1 saturated heterocycles. The first kappa shape index (κ1) is 17.9. The Balaban J connectivity index is 2.07. The van der Waals surface area contributed by atoms with Gasteiger partial charge in [-0.05, 0) is 36.9 Å². The van der Waals surface area contributed by atoms with Crippen molar-refractivity contribution < 1.29 is 4.79 Å². The summed E-state index contributed by atoms with van der Waals surface area (Å²) in [7, 11) is 0. The molecule has 118 valence electrons. The van der Waals surface area contributed by atoms with Crippen molar-refractivity contribution in [1.29, 1.82) is 0 Å². The van der Waals surface area contributed by atoms with E-state index in [2.05, 4.69) is 31.4 Å². The predicted molar refractivity (Wildman–Crippen MR) is 90.4 cm³/mol. The van der Waals surface area contributed by atoms with Crippen molar-refractivity contribution in [3.63, 3.8) is 0 Å². The Hall–Kier alpha value is -0.180. The first-order valence-electron chi connectivity index (χ1n) is 8.44. The molecule has 1 amide bonds. The summed E-state index contributed by atoms with van der Waals surface area (Å²) >= 11 is 4.23. The van der Waals surface area contributed by atoms with E-state index < -0.39 is 0 Å². The molecule has 1 aliphatic heterocycles. The number of rotatable bonds is 9. The first-order chi connectivity index (χ1) is 9.55. The molecular weight excluding hydrogens is 266 g/mol. The van der Waals surface area contributed by atoms with Crippen LogP contribution < -0.4 is 0 Å². The third kappa shape index (κ3) is 7.56. The van der Waals surface area contributed by atoms with E-state index in [4.69, 9.17) is 0 Å². The minimum atomic E-state index is 0.345. The molecule has 0 aliphatic carbocycles. The van der Waals surface area contributed by atoms with Gasteiger partial charge in [-0.2, -0.15) is 12.6 Å². The molecule has 1 fully saturated rings. The Bertz CT molecular complexity index is 278. The van der Waals surface area contributed by atoms with Gasteiger partial charge in [0, 0.05) is 19.5 Å². The minimum absolute atomic E-state index is 0.345. The van der Waals surface area contributed by atoms with Gasteiger partial charge in [-0.25, -0.2) is 0 Å². The summed E-state index contributed by atoms with van der Waals surface area (Å²) in [4.78, 5) is 14.2. The number of thiol groups is 1. The van der Waals surface area contributed by atoms with E-state index >= 15 is 0 Å². The van der Waals surface area contributed by atoms with Crippen LogP contribution in [0.2, 0.25) is 0 Å². The number of hydrogen-bond acceptors (Lipinski definition) is 2. The number of likely N-dealkylation sites (tertiary alicyclic amines) is 1. The van der Waals surface area contributed by atoms with Gasteiger partial charge < -0.3 is 4.90 Å². The van der Waals surface area contributed by atoms with Crippen LogP contribution in [0.4, 0.5) is 0 Å². The molecule has 0 aromatic heterocycles. The zero-order valence-corrected chi connectivity index (χ0v) is 14.4. The fourth-order valence-corrected chi connectivity index (χ4v) is 3.05. The third-order valence-electron chi connectivity index (χ3n) is 4.51. The van der Waals surface area contributed by atoms with Crippen LogP contribution in [0, 0.1) is 5.41 Å². The Morgan fingerprint density at radius 2 is 1.60 bits per heavy atom. The molecule has 0 spiro atoms. The summed E-state index contributed by atoms with van der Waals surface area (Å²) < 4.78 is 0. The summed E-state index contributed by atoms with van der Waals surface area (Å²) in [6, 6.07) is 0. The van der Waals surface area contributed by atoms with Crippen molar-refractivity contribution in [1.82, 2.24) is 4.90 Å². The second kappa shape index (κ2) is 9.70. The molecule has 0 aromatic carbocycles. The zero-order chi connectivity index (χ0) is 14.8. The van der Waals surface area contributed by atoms with Crippen molar-refractivity contribution in [3.05, 3.63) is 0 Å². The molecule has 0 radical (unpaired) electrons. The molecule has 0 bridgehead atoms. The molecule has 2 nitrogen and oxygen atoms in total. The fourth-order valence-electron chi connectivity index (χ4n) is 2.83. The number of unbranched alkanes of at least 4 members (excludes halogenated alkanes) is 6. The van der Waals surface area contributed by atoms with E-state index in [0.717, 1.165) is 38.1 Å². The van der Waals surface area contributed by atoms with E-state index in [-0.39, 0.29) is 0 Å². The number of amides is 1. The second-order valence-corrected chi connectivity index (χ2v) is 7.44. The lowest BCUT2D eigenvalue weighted by Gasteiger charge is -2.23. The predicted octanol–water partition coefficient (Wildman–Crippen LogP) is 4.69. The number of carbonyl (C=O) groups is 1. The Kier molecular flexibility index (Phi) is 8.67. The van der Waals surface area contributed by atoms with Gasteiger partial charge in [0.2, 0.25) is 5.91 Å². The fraction of sp³-hybridized carbons (Fsp3) is 0.941. The van der Waals surface area contributed by atoms with Crippen LogP contribution in [0.1, 0.15) is 78.1 Å². The SMILES string of the molecule is CC1(C)CCC(=O)N(CCCCCCCCCS)CC1. The number of hydrogen-bond donors (Lipinski definition) is 1. The summed E-state index contributed by atoms with van der Waals surface area (Å²) in [5, 5.41) is 0. The van der Waals surface area contributed by atoms with Crippen LogP contribution in [0.5, 0.6) is 0 Å². The second-order valence-electron chi connectivity index (χ2n) is 6.99. The molecule has 0 unspecified atom stereocenters. The molecule has 0 atom stereocenters. The van der Waals surface area contributed by atoms with Crippen LogP contribution in [0.15, 0.2) is 0 Å². The molecule has 1 aliphatic rings.